The Labute approximate surface area is 70.2 Å². The molecule has 0 aliphatic carbocycles. The van der Waals surface area contributed by atoms with Crippen LogP contribution in [0.25, 0.3) is 0 Å². The van der Waals surface area contributed by atoms with Crippen molar-refractivity contribution in [3.05, 3.63) is 0 Å². The van der Waals surface area contributed by atoms with E-state index in [2.05, 4.69) is 12.6 Å². The summed E-state index contributed by atoms with van der Waals surface area (Å²) < 4.78 is 0. The summed E-state index contributed by atoms with van der Waals surface area (Å²) in [7, 11) is 0. The predicted molar refractivity (Wildman–Crippen MR) is 35.9 cm³/mol. The van der Waals surface area contributed by atoms with Gasteiger partial charge in [-0.15, -0.1) is 0 Å². The summed E-state index contributed by atoms with van der Waals surface area (Å²) in [5.41, 5.74) is 0. The molecule has 1 rings (SSSR count). The molecular formula is C3H6NaS2. The number of hydrogen-bond donors (Lipinski definition) is 1. The molecule has 0 aromatic carbocycles. The average molecular weight is 129 g/mol. The topological polar surface area (TPSA) is 0 Å². The van der Waals surface area contributed by atoms with Crippen LogP contribution in [0.3, 0.4) is 0 Å². The van der Waals surface area contributed by atoms with E-state index in [1.54, 1.807) is 0 Å². The fourth-order valence-electron chi connectivity index (χ4n) is 0.223. The SMILES string of the molecule is SC1CSC1.[Na]. The van der Waals surface area contributed by atoms with E-state index in [9.17, 15) is 0 Å². The Hall–Kier alpha value is 1.70. The van der Waals surface area contributed by atoms with Gasteiger partial charge >= 0.3 is 0 Å². The molecule has 3 heteroatoms. The van der Waals surface area contributed by atoms with Crippen LogP contribution in [0.4, 0.5) is 0 Å². The molecule has 0 saturated carbocycles. The van der Waals surface area contributed by atoms with Gasteiger partial charge in [0.25, 0.3) is 0 Å². The second kappa shape index (κ2) is 3.67. The molecular weight excluding hydrogens is 123 g/mol. The van der Waals surface area contributed by atoms with Crippen LogP contribution in [0.1, 0.15) is 0 Å². The Bertz CT molecular complexity index is 35.8. The van der Waals surface area contributed by atoms with E-state index in [1.807, 2.05) is 11.8 Å². The van der Waals surface area contributed by atoms with Crippen molar-refractivity contribution in [2.75, 3.05) is 11.5 Å². The number of rotatable bonds is 0. The molecule has 6 heavy (non-hydrogen) atoms. The summed E-state index contributed by atoms with van der Waals surface area (Å²) >= 11 is 6.13. The normalized spacial score (nSPS) is 21.5. The molecule has 1 aliphatic rings. The molecule has 0 N–H and O–H groups in total. The van der Waals surface area contributed by atoms with Crippen molar-refractivity contribution >= 4 is 53.9 Å². The van der Waals surface area contributed by atoms with Gasteiger partial charge in [0.1, 0.15) is 0 Å². The zero-order valence-corrected chi connectivity index (χ0v) is 7.56. The minimum Gasteiger partial charge on any atom is -0.174 e. The van der Waals surface area contributed by atoms with Gasteiger partial charge in [-0.05, 0) is 0 Å². The van der Waals surface area contributed by atoms with Crippen molar-refractivity contribution in [2.45, 2.75) is 5.25 Å². The van der Waals surface area contributed by atoms with Gasteiger partial charge < -0.3 is 0 Å². The van der Waals surface area contributed by atoms with Crippen LogP contribution in [0.5, 0.6) is 0 Å². The van der Waals surface area contributed by atoms with Crippen LogP contribution < -0.4 is 0 Å². The van der Waals surface area contributed by atoms with Gasteiger partial charge in [0.05, 0.1) is 0 Å². The minimum absolute atomic E-state index is 0. The Morgan fingerprint density at radius 2 is 1.83 bits per heavy atom. The Kier molecular flexibility index (Phi) is 4.71. The van der Waals surface area contributed by atoms with E-state index in [0.717, 1.165) is 5.25 Å². The third kappa shape index (κ3) is 2.12. The Morgan fingerprint density at radius 1 is 1.50 bits per heavy atom. The van der Waals surface area contributed by atoms with Gasteiger partial charge in [0, 0.05) is 46.3 Å². The van der Waals surface area contributed by atoms with Gasteiger partial charge in [-0.3, -0.25) is 0 Å². The molecule has 0 amide bonds. The summed E-state index contributed by atoms with van der Waals surface area (Å²) in [5, 5.41) is 0.722. The van der Waals surface area contributed by atoms with Crippen LogP contribution >= 0.6 is 24.4 Å². The second-order valence-corrected chi connectivity index (χ2v) is 3.00. The Morgan fingerprint density at radius 3 is 1.83 bits per heavy atom. The third-order valence-electron chi connectivity index (χ3n) is 0.620. The predicted octanol–water partition coefficient (Wildman–Crippen LogP) is 0.651. The molecule has 1 fully saturated rings. The average Bonchev–Trinajstić information content (AvgIpc) is 1.30. The standard InChI is InChI=1S/C3H6S2.Na/c4-3-1-5-2-3;/h3-4H,1-2H2;. The maximum Gasteiger partial charge on any atom is 0.0198 e. The second-order valence-electron chi connectivity index (χ2n) is 1.19. The first-order valence-corrected chi connectivity index (χ1v) is 3.32. The smallest absolute Gasteiger partial charge is 0.0198 e. The van der Waals surface area contributed by atoms with Crippen LogP contribution in [0.2, 0.25) is 0 Å². The quantitative estimate of drug-likeness (QED) is 0.370. The first-order chi connectivity index (χ1) is 2.39. The monoisotopic (exact) mass is 129 g/mol. The van der Waals surface area contributed by atoms with Crippen molar-refractivity contribution < 1.29 is 0 Å². The van der Waals surface area contributed by atoms with E-state index in [-0.39, 0.29) is 29.6 Å². The summed E-state index contributed by atoms with van der Waals surface area (Å²) in [5.74, 6) is 2.53. The maximum absolute atomic E-state index is 4.16. The van der Waals surface area contributed by atoms with Crippen LogP contribution in [-0.2, 0) is 0 Å². The summed E-state index contributed by atoms with van der Waals surface area (Å²) in [6.45, 7) is 0. The fourth-order valence-corrected chi connectivity index (χ4v) is 1.30. The van der Waals surface area contributed by atoms with Crippen molar-refractivity contribution in [3.63, 3.8) is 0 Å². The van der Waals surface area contributed by atoms with Gasteiger partial charge in [-0.25, -0.2) is 0 Å². The van der Waals surface area contributed by atoms with E-state index >= 15 is 0 Å². The van der Waals surface area contributed by atoms with Crippen LogP contribution in [0, 0.1) is 0 Å². The Balaban J connectivity index is 0.000000250. The molecule has 0 nitrogen and oxygen atoms in total. The third-order valence-corrected chi connectivity index (χ3v) is 2.76. The summed E-state index contributed by atoms with van der Waals surface area (Å²) in [6, 6.07) is 0. The van der Waals surface area contributed by atoms with Gasteiger partial charge in [-0.2, -0.15) is 24.4 Å². The van der Waals surface area contributed by atoms with E-state index in [0.29, 0.717) is 0 Å². The van der Waals surface area contributed by atoms with Gasteiger partial charge in [0.15, 0.2) is 0 Å². The first kappa shape index (κ1) is 7.70. The van der Waals surface area contributed by atoms with E-state index in [1.165, 1.54) is 11.5 Å². The molecule has 0 bridgehead atoms. The molecule has 0 aromatic rings. The minimum atomic E-state index is 0. The zero-order valence-electron chi connectivity index (χ0n) is 3.85. The molecule has 1 heterocycles. The fraction of sp³-hybridized carbons (Fsp3) is 1.00. The number of thiol groups is 1. The van der Waals surface area contributed by atoms with Crippen molar-refractivity contribution in [1.82, 2.24) is 0 Å². The number of thioether (sulfide) groups is 1. The number of hydrogen-bond acceptors (Lipinski definition) is 2. The van der Waals surface area contributed by atoms with Crippen molar-refractivity contribution in [2.24, 2.45) is 0 Å². The molecule has 0 aromatic heterocycles. The van der Waals surface area contributed by atoms with Crippen LogP contribution in [-0.4, -0.2) is 46.3 Å². The molecule has 0 atom stereocenters. The summed E-state index contributed by atoms with van der Waals surface area (Å²) in [6.07, 6.45) is 0. The maximum atomic E-state index is 4.16. The molecule has 31 valence electrons. The zero-order chi connectivity index (χ0) is 3.70. The summed E-state index contributed by atoms with van der Waals surface area (Å²) in [4.78, 5) is 0. The molecule has 0 unspecified atom stereocenters. The van der Waals surface area contributed by atoms with Crippen LogP contribution in [0.15, 0.2) is 0 Å². The van der Waals surface area contributed by atoms with Crippen molar-refractivity contribution in [1.29, 1.82) is 0 Å². The molecule has 1 aliphatic heterocycles. The van der Waals surface area contributed by atoms with Crippen molar-refractivity contribution in [3.8, 4) is 0 Å². The van der Waals surface area contributed by atoms with E-state index < -0.39 is 0 Å². The first-order valence-electron chi connectivity index (χ1n) is 1.65. The molecule has 1 saturated heterocycles. The van der Waals surface area contributed by atoms with Gasteiger partial charge in [0.2, 0.25) is 0 Å². The molecule has 0 spiro atoms. The van der Waals surface area contributed by atoms with Gasteiger partial charge in [-0.1, -0.05) is 0 Å². The largest absolute Gasteiger partial charge is 0.174 e. The van der Waals surface area contributed by atoms with E-state index in [4.69, 9.17) is 0 Å². The molecule has 1 radical (unpaired) electrons.